The molecule has 0 aromatic heterocycles. The first kappa shape index (κ1) is 16.5. The molecule has 1 aliphatic rings. The molecule has 2 aromatic carbocycles. The molecule has 1 atom stereocenters. The summed E-state index contributed by atoms with van der Waals surface area (Å²) in [5.41, 5.74) is 1.19. The zero-order valence-electron chi connectivity index (χ0n) is 13.8. The molecule has 1 saturated heterocycles. The molecule has 1 aliphatic heterocycles. The van der Waals surface area contributed by atoms with Gasteiger partial charge in [0.25, 0.3) is 0 Å². The van der Waals surface area contributed by atoms with E-state index in [9.17, 15) is 9.59 Å². The number of carbonyl (C=O) groups is 2. The fourth-order valence-electron chi connectivity index (χ4n) is 3.62. The topological polar surface area (TPSA) is 57.6 Å². The van der Waals surface area contributed by atoms with Gasteiger partial charge >= 0.3 is 5.97 Å². The number of carboxylic acids is 1. The van der Waals surface area contributed by atoms with E-state index in [1.165, 1.54) is 16.3 Å². The first-order chi connectivity index (χ1) is 11.6. The molecule has 0 saturated carbocycles. The lowest BCUT2D eigenvalue weighted by Gasteiger charge is -2.32. The van der Waals surface area contributed by atoms with Crippen molar-refractivity contribution in [2.75, 3.05) is 13.1 Å². The van der Waals surface area contributed by atoms with Gasteiger partial charge in [-0.3, -0.25) is 9.59 Å². The van der Waals surface area contributed by atoms with Gasteiger partial charge in [-0.1, -0.05) is 42.5 Å². The Morgan fingerprint density at radius 3 is 2.75 bits per heavy atom. The molecule has 1 heterocycles. The Morgan fingerprint density at radius 2 is 1.92 bits per heavy atom. The van der Waals surface area contributed by atoms with Crippen molar-refractivity contribution in [2.24, 2.45) is 5.92 Å². The van der Waals surface area contributed by atoms with Crippen LogP contribution in [0, 0.1) is 5.92 Å². The fraction of sp³-hybridized carbons (Fsp3) is 0.400. The highest BCUT2D eigenvalue weighted by molar-refractivity contribution is 5.86. The van der Waals surface area contributed by atoms with Crippen LogP contribution in [-0.4, -0.2) is 35.0 Å². The summed E-state index contributed by atoms with van der Waals surface area (Å²) in [6.45, 7) is 1.34. The van der Waals surface area contributed by atoms with Gasteiger partial charge < -0.3 is 10.0 Å². The van der Waals surface area contributed by atoms with E-state index in [0.29, 0.717) is 13.0 Å². The molecule has 2 aromatic rings. The number of rotatable bonds is 5. The number of hydrogen-bond acceptors (Lipinski definition) is 2. The lowest BCUT2D eigenvalue weighted by molar-refractivity contribution is -0.140. The third kappa shape index (κ3) is 3.94. The molecule has 0 radical (unpaired) electrons. The third-order valence-electron chi connectivity index (χ3n) is 4.82. The Kier molecular flexibility index (Phi) is 5.14. The molecule has 3 rings (SSSR count). The van der Waals surface area contributed by atoms with Crippen molar-refractivity contribution < 1.29 is 14.7 Å². The lowest BCUT2D eigenvalue weighted by Crippen LogP contribution is -2.40. The molecular formula is C20H23NO3. The summed E-state index contributed by atoms with van der Waals surface area (Å²) >= 11 is 0. The summed E-state index contributed by atoms with van der Waals surface area (Å²) in [5.74, 6) is -0.541. The maximum absolute atomic E-state index is 12.5. The molecule has 0 aliphatic carbocycles. The van der Waals surface area contributed by atoms with Crippen LogP contribution >= 0.6 is 0 Å². The highest BCUT2D eigenvalue weighted by atomic mass is 16.4. The van der Waals surface area contributed by atoms with Gasteiger partial charge in [-0.05, 0) is 41.5 Å². The van der Waals surface area contributed by atoms with Crippen LogP contribution in [0.15, 0.2) is 42.5 Å². The van der Waals surface area contributed by atoms with Crippen molar-refractivity contribution in [3.05, 3.63) is 48.0 Å². The van der Waals surface area contributed by atoms with E-state index in [1.807, 2.05) is 23.1 Å². The van der Waals surface area contributed by atoms with E-state index < -0.39 is 5.97 Å². The first-order valence-electron chi connectivity index (χ1n) is 8.59. The molecule has 0 bridgehead atoms. The summed E-state index contributed by atoms with van der Waals surface area (Å²) in [6.07, 6.45) is 3.17. The SMILES string of the molecule is O=C(O)CC1CCCN(C(=O)CCc2cccc3ccccc23)C1. The van der Waals surface area contributed by atoms with E-state index >= 15 is 0 Å². The number of aliphatic carboxylic acids is 1. The Labute approximate surface area is 142 Å². The number of nitrogens with zero attached hydrogens (tertiary/aromatic N) is 1. The summed E-state index contributed by atoms with van der Waals surface area (Å²) in [7, 11) is 0. The minimum atomic E-state index is -0.773. The second-order valence-corrected chi connectivity index (χ2v) is 6.58. The summed E-state index contributed by atoms with van der Waals surface area (Å²) in [4.78, 5) is 25.2. The molecule has 1 amide bonds. The number of likely N-dealkylation sites (tertiary alicyclic amines) is 1. The minimum Gasteiger partial charge on any atom is -0.481 e. The average Bonchev–Trinajstić information content (AvgIpc) is 2.59. The quantitative estimate of drug-likeness (QED) is 0.915. The van der Waals surface area contributed by atoms with Crippen LogP contribution in [0.5, 0.6) is 0 Å². The van der Waals surface area contributed by atoms with Crippen LogP contribution in [0.25, 0.3) is 10.8 Å². The van der Waals surface area contributed by atoms with Crippen molar-refractivity contribution in [3.63, 3.8) is 0 Å². The smallest absolute Gasteiger partial charge is 0.303 e. The predicted octanol–water partition coefficient (Wildman–Crippen LogP) is 3.49. The molecule has 1 N–H and O–H groups in total. The molecule has 4 nitrogen and oxygen atoms in total. The largest absolute Gasteiger partial charge is 0.481 e. The zero-order valence-corrected chi connectivity index (χ0v) is 13.8. The Bertz CT molecular complexity index is 735. The standard InChI is InChI=1S/C20H23NO3/c22-19(21-12-4-5-15(14-21)13-20(23)24)11-10-17-8-3-7-16-6-1-2-9-18(16)17/h1-3,6-9,15H,4-5,10-14H2,(H,23,24). The number of hydrogen-bond donors (Lipinski definition) is 1. The minimum absolute atomic E-state index is 0.0951. The van der Waals surface area contributed by atoms with Gasteiger partial charge in [0.2, 0.25) is 5.91 Å². The van der Waals surface area contributed by atoms with Crippen molar-refractivity contribution in [1.82, 2.24) is 4.90 Å². The fourth-order valence-corrected chi connectivity index (χ4v) is 3.62. The average molecular weight is 325 g/mol. The number of carbonyl (C=O) groups excluding carboxylic acids is 1. The molecule has 1 unspecified atom stereocenters. The van der Waals surface area contributed by atoms with Gasteiger partial charge in [0.05, 0.1) is 0 Å². The summed E-state index contributed by atoms with van der Waals surface area (Å²) in [5, 5.41) is 11.3. The number of fused-ring (bicyclic) bond motifs is 1. The van der Waals surface area contributed by atoms with Gasteiger partial charge in [-0.15, -0.1) is 0 Å². The van der Waals surface area contributed by atoms with Gasteiger partial charge in [-0.25, -0.2) is 0 Å². The molecule has 1 fully saturated rings. The van der Waals surface area contributed by atoms with E-state index in [2.05, 4.69) is 24.3 Å². The van der Waals surface area contributed by atoms with Gasteiger partial charge in [-0.2, -0.15) is 0 Å². The van der Waals surface area contributed by atoms with E-state index in [-0.39, 0.29) is 18.2 Å². The van der Waals surface area contributed by atoms with Crippen LogP contribution in [0.2, 0.25) is 0 Å². The monoisotopic (exact) mass is 325 g/mol. The Hall–Kier alpha value is -2.36. The first-order valence-corrected chi connectivity index (χ1v) is 8.59. The van der Waals surface area contributed by atoms with Crippen molar-refractivity contribution in [3.8, 4) is 0 Å². The van der Waals surface area contributed by atoms with Gasteiger partial charge in [0.1, 0.15) is 0 Å². The van der Waals surface area contributed by atoms with E-state index in [1.54, 1.807) is 0 Å². The van der Waals surface area contributed by atoms with Crippen LogP contribution in [0.4, 0.5) is 0 Å². The van der Waals surface area contributed by atoms with Crippen LogP contribution in [0.1, 0.15) is 31.2 Å². The number of carboxylic acid groups (broad SMARTS) is 1. The second-order valence-electron chi connectivity index (χ2n) is 6.58. The maximum Gasteiger partial charge on any atom is 0.303 e. The second kappa shape index (κ2) is 7.47. The number of piperidine rings is 1. The Balaban J connectivity index is 1.61. The van der Waals surface area contributed by atoms with Crippen LogP contribution < -0.4 is 0 Å². The van der Waals surface area contributed by atoms with Crippen molar-refractivity contribution >= 4 is 22.6 Å². The van der Waals surface area contributed by atoms with Crippen LogP contribution in [0.3, 0.4) is 0 Å². The van der Waals surface area contributed by atoms with Crippen molar-refractivity contribution in [1.29, 1.82) is 0 Å². The maximum atomic E-state index is 12.5. The molecule has 126 valence electrons. The number of aryl methyl sites for hydroxylation is 1. The molecule has 4 heteroatoms. The summed E-state index contributed by atoms with van der Waals surface area (Å²) in [6, 6.07) is 14.4. The highest BCUT2D eigenvalue weighted by Crippen LogP contribution is 2.22. The normalized spacial score (nSPS) is 17.8. The molecule has 24 heavy (non-hydrogen) atoms. The number of amides is 1. The van der Waals surface area contributed by atoms with Crippen molar-refractivity contribution in [2.45, 2.75) is 32.1 Å². The van der Waals surface area contributed by atoms with Gasteiger partial charge in [0, 0.05) is 25.9 Å². The van der Waals surface area contributed by atoms with Crippen LogP contribution in [-0.2, 0) is 16.0 Å². The van der Waals surface area contributed by atoms with E-state index in [0.717, 1.165) is 25.8 Å². The number of benzene rings is 2. The Morgan fingerprint density at radius 1 is 1.12 bits per heavy atom. The highest BCUT2D eigenvalue weighted by Gasteiger charge is 2.25. The molecule has 0 spiro atoms. The lowest BCUT2D eigenvalue weighted by atomic mass is 9.94. The van der Waals surface area contributed by atoms with E-state index in [4.69, 9.17) is 5.11 Å². The zero-order chi connectivity index (χ0) is 16.9. The van der Waals surface area contributed by atoms with Gasteiger partial charge in [0.15, 0.2) is 0 Å². The predicted molar refractivity (Wildman–Crippen MR) is 93.8 cm³/mol. The summed E-state index contributed by atoms with van der Waals surface area (Å²) < 4.78 is 0. The third-order valence-corrected chi connectivity index (χ3v) is 4.82. The molecular weight excluding hydrogens is 302 g/mol.